The molecule has 0 unspecified atom stereocenters. The standard InChI is InChI=1S/C9H20N.C9H22N.C8H15N2.C8H18NO.C8H17N.C8H12N.C7H13N2.C7H15NO.C6H10N2.C6H10NO.C6H10NS.11CH4/c1-9(2)10(3)7-5-4-6-8-10;1-6-10(7-2,8-3)9(4)5;1-4-9-5-6-10(7-9)8(2)3;1-8(2)9(3)4-6-10-7-5-9;2*1-8(2)9-6-4-3-5-7-9;1-7(2)9-5-4-8(3)6-9;1-7(2)8-3-5-9-6-4-8;1-6(2)8-4-3-7-5-8;2*1-6(2)7-3-4-8-5-7;;;;;;;;;;;/h9H,4-8H2,1-3H3;9H,6-8H2,1-5H3;5-8H,4H2,1-3H3;8H,4-7H2,1-3H3;8H,3-7H2,1-2H3;3-8H,1-2H3;4-7H,1-3H3;7H,3-6H2,1-2H3;3*3-6H,1-2H3;11*1H4/q4*+1;;2*+1;;;2*+1;;;;;;;;;;;/p+3. The third-order valence-corrected chi connectivity index (χ3v) is 21.5. The number of hydrogen-bond acceptors (Lipinski definition) is 4. The number of thiazole rings is 1. The topological polar surface area (TPSA) is 89.4 Å². The first kappa shape index (κ1) is 133. The highest BCUT2D eigenvalue weighted by atomic mass is 32.1. The maximum absolute atomic E-state index is 5.30. The minimum absolute atomic E-state index is 0. The van der Waals surface area contributed by atoms with Crippen LogP contribution >= 0.6 is 11.3 Å². The van der Waals surface area contributed by atoms with E-state index in [0.29, 0.717) is 36.3 Å². The molecule has 6 aromatic rings. The lowest BCUT2D eigenvalue weighted by atomic mass is 10.1. The Morgan fingerprint density at radius 3 is 1.11 bits per heavy atom. The quantitative estimate of drug-likeness (QED) is 0.0707. The predicted molar refractivity (Wildman–Crippen MR) is 493 cm³/mol. The maximum atomic E-state index is 5.30. The van der Waals surface area contributed by atoms with Crippen molar-refractivity contribution in [3.63, 3.8) is 0 Å². The van der Waals surface area contributed by atoms with E-state index in [1.807, 2.05) is 65.5 Å². The number of H-pyrrole nitrogens is 1. The number of ether oxygens (including phenoxy) is 2. The van der Waals surface area contributed by atoms with Crippen molar-refractivity contribution in [3.05, 3.63) is 123 Å². The van der Waals surface area contributed by atoms with Gasteiger partial charge in [0.15, 0.2) is 43.0 Å². The molecule has 0 amide bonds. The summed E-state index contributed by atoms with van der Waals surface area (Å²) in [6.07, 6.45) is 38.6. The van der Waals surface area contributed by atoms with Crippen LogP contribution in [0.4, 0.5) is 0 Å². The molecule has 10 heterocycles. The molecule has 3 N–H and O–H groups in total. The van der Waals surface area contributed by atoms with Gasteiger partial charge in [-0.3, -0.25) is 4.98 Å². The number of nitrogens with zero attached hydrogens (tertiary/aromatic N) is 11. The zero-order chi connectivity index (χ0) is 75.9. The molecule has 4 aliphatic rings. The number of oxazole rings is 1. The monoisotopic (exact) mass is 1600 g/mol. The van der Waals surface area contributed by atoms with E-state index in [1.54, 1.807) is 33.8 Å². The number of morpholine rings is 2. The van der Waals surface area contributed by atoms with Crippen LogP contribution in [0.5, 0.6) is 0 Å². The zero-order valence-corrected chi connectivity index (χ0v) is 71.3. The highest BCUT2D eigenvalue weighted by Gasteiger charge is 2.29. The molecule has 10 rings (SSSR count). The molecule has 0 spiro atoms. The van der Waals surface area contributed by atoms with Crippen molar-refractivity contribution in [2.24, 2.45) is 7.05 Å². The van der Waals surface area contributed by atoms with E-state index in [2.05, 4.69) is 287 Å². The summed E-state index contributed by atoms with van der Waals surface area (Å²) < 4.78 is 36.2. The van der Waals surface area contributed by atoms with Crippen LogP contribution in [0.25, 0.3) is 0 Å². The van der Waals surface area contributed by atoms with Gasteiger partial charge in [-0.25, -0.2) is 27.4 Å². The summed E-state index contributed by atoms with van der Waals surface area (Å²) in [6.45, 7) is 76.9. The fourth-order valence-electron chi connectivity index (χ4n) is 11.7. The Morgan fingerprint density at radius 1 is 0.450 bits per heavy atom. The SMILES string of the molecule is C.C.C.C.C.C.C.C.C.C.C.CC(C)[N+]1(C)CCCCC1.CC(C)[N+]1(C)CCOCC1.CC(C)[NH+]1CCCCC1.CC(C)[NH+]1CCOCC1.CC(C)[n+]1cc[nH]c1.CC(C)[n+]1ccccc1.CC(C)[n+]1ccoc1.CC(C)[n+]1ccsc1.CC(C)n1cc[n+](C)c1.CC[N+](CC)(CC)C(C)C.CC[n+]1ccn(C(C)C)c1. The summed E-state index contributed by atoms with van der Waals surface area (Å²) in [5.41, 5.74) is 2.12. The second-order valence-corrected chi connectivity index (χ2v) is 32.1. The van der Waals surface area contributed by atoms with E-state index in [4.69, 9.17) is 13.9 Å². The van der Waals surface area contributed by atoms with Crippen LogP contribution in [-0.4, -0.2) is 170 Å². The molecule has 0 aliphatic carbocycles. The first-order valence-electron chi connectivity index (χ1n) is 39.5. The van der Waals surface area contributed by atoms with Crippen LogP contribution in [0.2, 0.25) is 0 Å². The van der Waals surface area contributed by atoms with Crippen LogP contribution in [0, 0.1) is 0 Å². The van der Waals surface area contributed by atoms with Gasteiger partial charge < -0.3 is 37.1 Å². The van der Waals surface area contributed by atoms with Crippen LogP contribution in [0.15, 0.2) is 127 Å². The van der Waals surface area contributed by atoms with Crippen molar-refractivity contribution in [1.29, 1.82) is 0 Å². The highest BCUT2D eigenvalue weighted by molar-refractivity contribution is 7.07. The van der Waals surface area contributed by atoms with Gasteiger partial charge in [-0.1, -0.05) is 99.1 Å². The molecule has 4 saturated heterocycles. The summed E-state index contributed by atoms with van der Waals surface area (Å²) >= 11 is 1.73. The van der Waals surface area contributed by atoms with Crippen molar-refractivity contribution in [3.8, 4) is 0 Å². The molecule has 4 fully saturated rings. The number of imidazole rings is 3. The molecule has 0 radical (unpaired) electrons. The first-order chi connectivity index (χ1) is 47.2. The second kappa shape index (κ2) is 75.4. The van der Waals surface area contributed by atoms with Crippen molar-refractivity contribution < 1.29 is 64.5 Å². The van der Waals surface area contributed by atoms with Gasteiger partial charge in [0.2, 0.25) is 30.7 Å². The minimum atomic E-state index is 0. The molecule has 17 nitrogen and oxygen atoms in total. The number of pyridine rings is 1. The Labute approximate surface area is 701 Å². The van der Waals surface area contributed by atoms with E-state index in [0.717, 1.165) is 63.2 Å². The second-order valence-electron chi connectivity index (χ2n) is 31.4. The van der Waals surface area contributed by atoms with Crippen LogP contribution in [0.1, 0.15) is 336 Å². The molecule has 664 valence electrons. The Morgan fingerprint density at radius 2 is 0.874 bits per heavy atom. The lowest BCUT2D eigenvalue weighted by molar-refractivity contribution is -0.943. The molecule has 0 bridgehead atoms. The summed E-state index contributed by atoms with van der Waals surface area (Å²) in [5, 5.41) is 2.08. The van der Waals surface area contributed by atoms with E-state index >= 15 is 0 Å². The largest absolute Gasteiger partial charge is 0.412 e. The van der Waals surface area contributed by atoms with Crippen molar-refractivity contribution in [2.75, 3.05) is 113 Å². The predicted octanol–water partition coefficient (Wildman–Crippen LogP) is 19.4. The molecule has 111 heavy (non-hydrogen) atoms. The summed E-state index contributed by atoms with van der Waals surface area (Å²) in [5.74, 6) is 0. The van der Waals surface area contributed by atoms with Gasteiger partial charge in [-0.15, -0.1) is 0 Å². The summed E-state index contributed by atoms with van der Waals surface area (Å²) in [7, 11) is 6.73. The third kappa shape index (κ3) is 57.9. The summed E-state index contributed by atoms with van der Waals surface area (Å²) in [6, 6.07) is 13.5. The van der Waals surface area contributed by atoms with Gasteiger partial charge in [0.05, 0.1) is 154 Å². The number of likely N-dealkylation sites (N-methyl/N-ethyl adjacent to an activating group) is 1. The highest BCUT2D eigenvalue weighted by Crippen LogP contribution is 2.19. The van der Waals surface area contributed by atoms with Crippen LogP contribution < -0.4 is 37.2 Å². The number of rotatable bonds is 15. The molecule has 4 aliphatic heterocycles. The lowest BCUT2D eigenvalue weighted by Gasteiger charge is -2.41. The van der Waals surface area contributed by atoms with Gasteiger partial charge in [-0.05, 0) is 219 Å². The molecule has 6 aromatic heterocycles. The normalized spacial score (nSPS) is 14.3. The average Bonchev–Trinajstić information content (AvgIpc) is 1.80. The Balaban J connectivity index is -0.0000000962. The summed E-state index contributed by atoms with van der Waals surface area (Å²) in [4.78, 5) is 6.46. The van der Waals surface area contributed by atoms with Crippen molar-refractivity contribution in [1.82, 2.24) is 14.1 Å². The van der Waals surface area contributed by atoms with Gasteiger partial charge in [0, 0.05) is 12.1 Å². The molecule has 0 aromatic carbocycles. The average molecular weight is 1600 g/mol. The number of quaternary nitrogens is 5. The van der Waals surface area contributed by atoms with Gasteiger partial charge in [-0.2, -0.15) is 9.13 Å². The van der Waals surface area contributed by atoms with Gasteiger partial charge in [0.1, 0.15) is 63.4 Å². The molecular formula is C93H209N14O3S+11. The van der Waals surface area contributed by atoms with Crippen LogP contribution in [-0.2, 0) is 23.1 Å². The smallest absolute Gasteiger partial charge is 0.334 e. The molecule has 18 heteroatoms. The van der Waals surface area contributed by atoms with Crippen LogP contribution in [0.3, 0.4) is 0 Å². The fourth-order valence-corrected chi connectivity index (χ4v) is 12.5. The van der Waals surface area contributed by atoms with E-state index in [1.165, 1.54) is 124 Å². The van der Waals surface area contributed by atoms with E-state index in [9.17, 15) is 0 Å². The van der Waals surface area contributed by atoms with E-state index in [-0.39, 0.29) is 81.7 Å². The molecular weight excluding hydrogens is 1390 g/mol. The van der Waals surface area contributed by atoms with Crippen molar-refractivity contribution >= 4 is 11.3 Å². The van der Waals surface area contributed by atoms with E-state index < -0.39 is 0 Å². The Kier molecular flexibility index (Phi) is 90.0. The lowest BCUT2D eigenvalue weighted by Crippen LogP contribution is -3.16. The maximum Gasteiger partial charge on any atom is 0.334 e. The Hall–Kier alpha value is -4.66. The minimum Gasteiger partial charge on any atom is -0.412 e. The first-order valence-corrected chi connectivity index (χ1v) is 40.5. The third-order valence-electron chi connectivity index (χ3n) is 20.8. The zero-order valence-electron chi connectivity index (χ0n) is 70.5. The molecule has 0 atom stereocenters. The fraction of sp³-hybridized carbons (Fsp3) is 0.785. The van der Waals surface area contributed by atoms with Crippen molar-refractivity contribution in [2.45, 2.75) is 373 Å². The Bertz CT molecular complexity index is 2560. The number of likely N-dealkylation sites (tertiary alicyclic amines) is 2. The number of nitrogens with one attached hydrogen (secondary N) is 3. The molecule has 0 saturated carbocycles. The number of aromatic amines is 1. The number of aromatic nitrogens is 9. The number of hydrogen-bond donors (Lipinski definition) is 3. The van der Waals surface area contributed by atoms with Gasteiger partial charge >= 0.3 is 6.39 Å². The number of piperidine rings is 2. The van der Waals surface area contributed by atoms with Gasteiger partial charge in [0.25, 0.3) is 0 Å². The number of aryl methyl sites for hydroxylation is 2.